The Balaban J connectivity index is 1.92. The van der Waals surface area contributed by atoms with E-state index in [1.54, 1.807) is 12.3 Å². The molecule has 0 saturated heterocycles. The number of hydrogen-bond donors (Lipinski definition) is 2. The molecular weight excluding hydrogens is 372 g/mol. The third kappa shape index (κ3) is 4.07. The Bertz CT molecular complexity index is 1100. The summed E-state index contributed by atoms with van der Waals surface area (Å²) in [5.41, 5.74) is 5.54. The number of ketones is 1. The number of rotatable bonds is 8. The van der Waals surface area contributed by atoms with Crippen LogP contribution in [0.25, 0.3) is 0 Å². The molecule has 8 heteroatoms. The molecular formula is C21H24N4O4. The van der Waals surface area contributed by atoms with Crippen LogP contribution in [0.1, 0.15) is 41.1 Å². The van der Waals surface area contributed by atoms with E-state index in [2.05, 4.69) is 5.32 Å². The molecule has 0 bridgehead atoms. The molecule has 152 valence electrons. The number of aromatic nitrogens is 2. The van der Waals surface area contributed by atoms with Gasteiger partial charge in [-0.1, -0.05) is 37.3 Å². The summed E-state index contributed by atoms with van der Waals surface area (Å²) in [6.07, 6.45) is 2.20. The van der Waals surface area contributed by atoms with Crippen LogP contribution in [0.4, 0.5) is 5.82 Å². The maximum absolute atomic E-state index is 12.9. The van der Waals surface area contributed by atoms with Crippen LogP contribution in [0.15, 0.2) is 62.7 Å². The lowest BCUT2D eigenvalue weighted by Crippen LogP contribution is -2.44. The van der Waals surface area contributed by atoms with E-state index < -0.39 is 17.0 Å². The van der Waals surface area contributed by atoms with Gasteiger partial charge in [-0.2, -0.15) is 0 Å². The third-order valence-corrected chi connectivity index (χ3v) is 4.74. The second-order valence-electron chi connectivity index (χ2n) is 6.72. The first kappa shape index (κ1) is 20.3. The predicted molar refractivity (Wildman–Crippen MR) is 110 cm³/mol. The van der Waals surface area contributed by atoms with Crippen molar-refractivity contribution >= 4 is 11.6 Å². The topological polar surface area (TPSA) is 112 Å². The lowest BCUT2D eigenvalue weighted by Gasteiger charge is -2.18. The molecule has 0 aliphatic carbocycles. The van der Waals surface area contributed by atoms with Crippen LogP contribution in [0.3, 0.4) is 0 Å². The van der Waals surface area contributed by atoms with E-state index in [1.807, 2.05) is 43.3 Å². The molecule has 0 unspecified atom stereocenters. The largest absolute Gasteiger partial charge is 0.467 e. The number of benzene rings is 1. The van der Waals surface area contributed by atoms with E-state index in [0.29, 0.717) is 18.7 Å². The summed E-state index contributed by atoms with van der Waals surface area (Å²) < 4.78 is 7.69. The van der Waals surface area contributed by atoms with E-state index in [4.69, 9.17) is 10.2 Å². The van der Waals surface area contributed by atoms with Gasteiger partial charge in [0, 0.05) is 13.6 Å². The highest BCUT2D eigenvalue weighted by Crippen LogP contribution is 2.22. The Morgan fingerprint density at radius 3 is 2.52 bits per heavy atom. The average Bonchev–Trinajstić information content (AvgIpc) is 3.25. The van der Waals surface area contributed by atoms with Crippen molar-refractivity contribution in [3.8, 4) is 0 Å². The molecule has 29 heavy (non-hydrogen) atoms. The van der Waals surface area contributed by atoms with Gasteiger partial charge >= 0.3 is 5.69 Å². The molecule has 3 aromatic rings. The number of nitrogens with zero attached hydrogens (tertiary/aromatic N) is 2. The van der Waals surface area contributed by atoms with E-state index >= 15 is 0 Å². The summed E-state index contributed by atoms with van der Waals surface area (Å²) in [6.45, 7) is 2.06. The number of nitrogen functional groups attached to an aromatic ring is 1. The van der Waals surface area contributed by atoms with Crippen molar-refractivity contribution in [3.05, 3.63) is 86.5 Å². The van der Waals surface area contributed by atoms with Gasteiger partial charge in [-0.3, -0.25) is 24.0 Å². The first-order chi connectivity index (χ1) is 14.0. The van der Waals surface area contributed by atoms with Gasteiger partial charge in [-0.25, -0.2) is 4.79 Å². The van der Waals surface area contributed by atoms with Crippen LogP contribution >= 0.6 is 0 Å². The molecule has 0 spiro atoms. The summed E-state index contributed by atoms with van der Waals surface area (Å²) in [5.74, 6) is 0.0577. The van der Waals surface area contributed by atoms with Crippen LogP contribution in [0.5, 0.6) is 0 Å². The Morgan fingerprint density at radius 1 is 1.17 bits per heavy atom. The Morgan fingerprint density at radius 2 is 1.90 bits per heavy atom. The van der Waals surface area contributed by atoms with Gasteiger partial charge in [0.2, 0.25) is 0 Å². The number of nitrogens with one attached hydrogen (secondary N) is 1. The van der Waals surface area contributed by atoms with Crippen LogP contribution in [0, 0.1) is 0 Å². The SMILES string of the molecule is CCCn1c(N)c(C(=O)CN[C@H](c2ccccc2)c2ccco2)c(=O)n(C)c1=O. The average molecular weight is 396 g/mol. The van der Waals surface area contributed by atoms with E-state index in [0.717, 1.165) is 10.1 Å². The number of carbonyl (C=O) groups is 1. The van der Waals surface area contributed by atoms with Gasteiger partial charge in [0.1, 0.15) is 17.1 Å². The molecule has 8 nitrogen and oxygen atoms in total. The summed E-state index contributed by atoms with van der Waals surface area (Å²) in [7, 11) is 1.34. The summed E-state index contributed by atoms with van der Waals surface area (Å²) >= 11 is 0. The first-order valence-electron chi connectivity index (χ1n) is 9.40. The van der Waals surface area contributed by atoms with Crippen molar-refractivity contribution in [1.82, 2.24) is 14.5 Å². The van der Waals surface area contributed by atoms with E-state index in [-0.39, 0.29) is 24.0 Å². The number of carbonyl (C=O) groups excluding carboxylic acids is 1. The summed E-state index contributed by atoms with van der Waals surface area (Å²) in [6, 6.07) is 12.7. The molecule has 3 rings (SSSR count). The van der Waals surface area contributed by atoms with E-state index in [9.17, 15) is 14.4 Å². The summed E-state index contributed by atoms with van der Waals surface area (Å²) in [5, 5.41) is 3.14. The summed E-state index contributed by atoms with van der Waals surface area (Å²) in [4.78, 5) is 37.8. The van der Waals surface area contributed by atoms with Gasteiger partial charge in [0.05, 0.1) is 18.8 Å². The normalized spacial score (nSPS) is 12.1. The Hall–Kier alpha value is -3.39. The van der Waals surface area contributed by atoms with Crippen LogP contribution in [0.2, 0.25) is 0 Å². The maximum Gasteiger partial charge on any atom is 0.332 e. The van der Waals surface area contributed by atoms with Crippen LogP contribution in [-0.2, 0) is 13.6 Å². The quantitative estimate of drug-likeness (QED) is 0.561. The number of hydrogen-bond acceptors (Lipinski definition) is 6. The highest BCUT2D eigenvalue weighted by molar-refractivity contribution is 6.01. The molecule has 0 amide bonds. The number of nitrogens with two attached hydrogens (primary N) is 1. The fourth-order valence-electron chi connectivity index (χ4n) is 3.25. The molecule has 2 aromatic heterocycles. The molecule has 0 saturated carbocycles. The molecule has 1 aromatic carbocycles. The zero-order chi connectivity index (χ0) is 21.0. The number of Topliss-reactive ketones (excluding diaryl/α,β-unsaturated/α-hetero) is 1. The third-order valence-electron chi connectivity index (χ3n) is 4.74. The molecule has 3 N–H and O–H groups in total. The second kappa shape index (κ2) is 8.74. The van der Waals surface area contributed by atoms with Crippen molar-refractivity contribution in [3.63, 3.8) is 0 Å². The maximum atomic E-state index is 12.9. The smallest absolute Gasteiger partial charge is 0.332 e. The molecule has 0 fully saturated rings. The molecule has 0 radical (unpaired) electrons. The first-order valence-corrected chi connectivity index (χ1v) is 9.40. The van der Waals surface area contributed by atoms with Crippen molar-refractivity contribution < 1.29 is 9.21 Å². The molecule has 2 heterocycles. The van der Waals surface area contributed by atoms with Gasteiger partial charge in [-0.05, 0) is 24.1 Å². The lowest BCUT2D eigenvalue weighted by atomic mass is 10.0. The Labute approximate surface area is 167 Å². The second-order valence-corrected chi connectivity index (χ2v) is 6.72. The monoisotopic (exact) mass is 396 g/mol. The fraction of sp³-hybridized carbons (Fsp3) is 0.286. The molecule has 0 aliphatic rings. The van der Waals surface area contributed by atoms with Gasteiger partial charge in [-0.15, -0.1) is 0 Å². The zero-order valence-electron chi connectivity index (χ0n) is 16.4. The standard InChI is InChI=1S/C21H24N4O4/c1-3-11-25-19(22)17(20(27)24(2)21(25)28)15(26)13-23-18(16-10-7-12-29-16)14-8-5-4-6-9-14/h4-10,12,18,23H,3,11,13,22H2,1-2H3/t18-/m1/s1. The van der Waals surface area contributed by atoms with Crippen molar-refractivity contribution in [2.24, 2.45) is 7.05 Å². The Kier molecular flexibility index (Phi) is 6.13. The predicted octanol–water partition coefficient (Wildman–Crippen LogP) is 1.69. The lowest BCUT2D eigenvalue weighted by molar-refractivity contribution is 0.0986. The fourth-order valence-corrected chi connectivity index (χ4v) is 3.25. The van der Waals surface area contributed by atoms with Crippen LogP contribution < -0.4 is 22.3 Å². The highest BCUT2D eigenvalue weighted by Gasteiger charge is 2.23. The minimum atomic E-state index is -0.694. The number of anilines is 1. The van der Waals surface area contributed by atoms with Crippen LogP contribution in [-0.4, -0.2) is 21.5 Å². The highest BCUT2D eigenvalue weighted by atomic mass is 16.3. The van der Waals surface area contributed by atoms with Crippen molar-refractivity contribution in [1.29, 1.82) is 0 Å². The molecule has 0 aliphatic heterocycles. The van der Waals surface area contributed by atoms with Gasteiger partial charge in [0.25, 0.3) is 5.56 Å². The van der Waals surface area contributed by atoms with Crippen molar-refractivity contribution in [2.75, 3.05) is 12.3 Å². The van der Waals surface area contributed by atoms with Gasteiger partial charge < -0.3 is 10.2 Å². The van der Waals surface area contributed by atoms with Gasteiger partial charge in [0.15, 0.2) is 5.78 Å². The number of furan rings is 1. The minimum absolute atomic E-state index is 0.0963. The van der Waals surface area contributed by atoms with Crippen molar-refractivity contribution in [2.45, 2.75) is 25.9 Å². The molecule has 1 atom stereocenters. The van der Waals surface area contributed by atoms with E-state index in [1.165, 1.54) is 11.6 Å². The zero-order valence-corrected chi connectivity index (χ0v) is 16.4. The minimum Gasteiger partial charge on any atom is -0.467 e.